The molecular formula is C12H13F2NO. The van der Waals surface area contributed by atoms with Crippen molar-refractivity contribution in [1.29, 1.82) is 0 Å². The molecule has 2 atom stereocenters. The summed E-state index contributed by atoms with van der Waals surface area (Å²) >= 11 is 0. The molecule has 2 rings (SSSR count). The van der Waals surface area contributed by atoms with Crippen molar-refractivity contribution in [2.75, 3.05) is 0 Å². The molecule has 1 aliphatic carbocycles. The second-order valence-corrected chi connectivity index (χ2v) is 4.31. The zero-order valence-electron chi connectivity index (χ0n) is 8.75. The summed E-state index contributed by atoms with van der Waals surface area (Å²) < 4.78 is 26.5. The SMILES string of the molecule is NC1CC(=O)CC(c2cc(F)ccc2F)C1. The number of benzene rings is 1. The maximum atomic E-state index is 13.5. The van der Waals surface area contributed by atoms with Gasteiger partial charge in [0.2, 0.25) is 0 Å². The van der Waals surface area contributed by atoms with Crippen LogP contribution in [0.25, 0.3) is 0 Å². The molecule has 16 heavy (non-hydrogen) atoms. The van der Waals surface area contributed by atoms with Crippen LogP contribution >= 0.6 is 0 Å². The van der Waals surface area contributed by atoms with Gasteiger partial charge in [-0.1, -0.05) is 0 Å². The van der Waals surface area contributed by atoms with Crippen molar-refractivity contribution >= 4 is 5.78 Å². The summed E-state index contributed by atoms with van der Waals surface area (Å²) in [4.78, 5) is 11.4. The van der Waals surface area contributed by atoms with Crippen molar-refractivity contribution in [3.8, 4) is 0 Å². The number of ketones is 1. The molecule has 2 nitrogen and oxygen atoms in total. The van der Waals surface area contributed by atoms with Gasteiger partial charge in [-0.05, 0) is 36.1 Å². The minimum atomic E-state index is -0.483. The summed E-state index contributed by atoms with van der Waals surface area (Å²) in [6, 6.07) is 3.08. The lowest BCUT2D eigenvalue weighted by Gasteiger charge is -2.26. The Morgan fingerprint density at radius 1 is 1.25 bits per heavy atom. The number of carbonyl (C=O) groups excluding carboxylic acids is 1. The van der Waals surface area contributed by atoms with Crippen molar-refractivity contribution in [2.45, 2.75) is 31.2 Å². The quantitative estimate of drug-likeness (QED) is 0.795. The second kappa shape index (κ2) is 4.29. The summed E-state index contributed by atoms with van der Waals surface area (Å²) in [7, 11) is 0. The van der Waals surface area contributed by atoms with Crippen molar-refractivity contribution in [2.24, 2.45) is 5.73 Å². The highest BCUT2D eigenvalue weighted by molar-refractivity contribution is 5.80. The minimum absolute atomic E-state index is 0.0208. The highest BCUT2D eigenvalue weighted by Crippen LogP contribution is 2.32. The van der Waals surface area contributed by atoms with E-state index in [9.17, 15) is 13.6 Å². The maximum absolute atomic E-state index is 13.5. The lowest BCUT2D eigenvalue weighted by atomic mass is 9.81. The van der Waals surface area contributed by atoms with Gasteiger partial charge in [-0.2, -0.15) is 0 Å². The summed E-state index contributed by atoms with van der Waals surface area (Å²) in [6.07, 6.45) is 1.13. The Labute approximate surface area is 92.4 Å². The Morgan fingerprint density at radius 3 is 2.69 bits per heavy atom. The van der Waals surface area contributed by atoms with Gasteiger partial charge in [0.1, 0.15) is 17.4 Å². The van der Waals surface area contributed by atoms with Gasteiger partial charge in [0.05, 0.1) is 0 Å². The number of halogens is 2. The molecule has 2 N–H and O–H groups in total. The predicted octanol–water partition coefficient (Wildman–Crippen LogP) is 2.13. The van der Waals surface area contributed by atoms with E-state index in [1.807, 2.05) is 0 Å². The van der Waals surface area contributed by atoms with Crippen LogP contribution < -0.4 is 5.73 Å². The van der Waals surface area contributed by atoms with E-state index in [1.165, 1.54) is 0 Å². The summed E-state index contributed by atoms with van der Waals surface area (Å²) in [6.45, 7) is 0. The topological polar surface area (TPSA) is 43.1 Å². The molecule has 0 radical (unpaired) electrons. The van der Waals surface area contributed by atoms with E-state index in [1.54, 1.807) is 0 Å². The van der Waals surface area contributed by atoms with Crippen LogP contribution in [-0.4, -0.2) is 11.8 Å². The molecule has 0 aliphatic heterocycles. The van der Waals surface area contributed by atoms with Gasteiger partial charge >= 0.3 is 0 Å². The molecule has 2 unspecified atom stereocenters. The van der Waals surface area contributed by atoms with Gasteiger partial charge in [-0.3, -0.25) is 4.79 Å². The Balaban J connectivity index is 2.29. The van der Waals surface area contributed by atoms with Crippen LogP contribution in [0.4, 0.5) is 8.78 Å². The first-order chi connectivity index (χ1) is 7.56. The molecular weight excluding hydrogens is 212 g/mol. The molecule has 1 aliphatic rings. The molecule has 0 saturated heterocycles. The Kier molecular flexibility index (Phi) is 3.01. The average molecular weight is 225 g/mol. The third-order valence-electron chi connectivity index (χ3n) is 2.95. The second-order valence-electron chi connectivity index (χ2n) is 4.31. The fourth-order valence-electron chi connectivity index (χ4n) is 2.25. The molecule has 1 aromatic carbocycles. The van der Waals surface area contributed by atoms with E-state index in [0.717, 1.165) is 18.2 Å². The zero-order chi connectivity index (χ0) is 11.7. The van der Waals surface area contributed by atoms with E-state index >= 15 is 0 Å². The lowest BCUT2D eigenvalue weighted by molar-refractivity contribution is -0.121. The molecule has 4 heteroatoms. The fourth-order valence-corrected chi connectivity index (χ4v) is 2.25. The first-order valence-electron chi connectivity index (χ1n) is 5.28. The van der Waals surface area contributed by atoms with Gasteiger partial charge in [0.25, 0.3) is 0 Å². The van der Waals surface area contributed by atoms with Gasteiger partial charge < -0.3 is 5.73 Å². The Morgan fingerprint density at radius 2 is 2.00 bits per heavy atom. The maximum Gasteiger partial charge on any atom is 0.135 e. The van der Waals surface area contributed by atoms with Crippen LogP contribution in [0, 0.1) is 11.6 Å². The molecule has 1 fully saturated rings. The van der Waals surface area contributed by atoms with Gasteiger partial charge in [0.15, 0.2) is 0 Å². The highest BCUT2D eigenvalue weighted by Gasteiger charge is 2.28. The normalized spacial score (nSPS) is 25.8. The zero-order valence-corrected chi connectivity index (χ0v) is 8.75. The number of hydrogen-bond acceptors (Lipinski definition) is 2. The molecule has 1 aromatic rings. The lowest BCUT2D eigenvalue weighted by Crippen LogP contribution is -2.32. The fraction of sp³-hybridized carbons (Fsp3) is 0.417. The number of nitrogens with two attached hydrogens (primary N) is 1. The standard InChI is InChI=1S/C12H13F2NO/c13-8-1-2-12(14)11(5-8)7-3-9(15)6-10(16)4-7/h1-2,5,7,9H,3-4,6,15H2. The molecule has 0 amide bonds. The molecule has 1 saturated carbocycles. The largest absolute Gasteiger partial charge is 0.327 e. The van der Waals surface area contributed by atoms with Gasteiger partial charge in [-0.25, -0.2) is 8.78 Å². The molecule has 0 heterocycles. The van der Waals surface area contributed by atoms with Crippen molar-refractivity contribution in [1.82, 2.24) is 0 Å². The van der Waals surface area contributed by atoms with Crippen LogP contribution in [0.1, 0.15) is 30.7 Å². The number of rotatable bonds is 1. The monoisotopic (exact) mass is 225 g/mol. The van der Waals surface area contributed by atoms with Crippen LogP contribution in [-0.2, 0) is 4.79 Å². The van der Waals surface area contributed by atoms with Crippen LogP contribution in [0.5, 0.6) is 0 Å². The summed E-state index contributed by atoms with van der Waals surface area (Å²) in [5.74, 6) is -1.21. The van der Waals surface area contributed by atoms with Crippen molar-refractivity contribution < 1.29 is 13.6 Å². The first-order valence-corrected chi connectivity index (χ1v) is 5.28. The Hall–Kier alpha value is -1.29. The van der Waals surface area contributed by atoms with Crippen LogP contribution in [0.2, 0.25) is 0 Å². The summed E-state index contributed by atoms with van der Waals surface area (Å²) in [5.41, 5.74) is 5.97. The minimum Gasteiger partial charge on any atom is -0.327 e. The van der Waals surface area contributed by atoms with Crippen LogP contribution in [0.15, 0.2) is 18.2 Å². The first kappa shape index (κ1) is 11.2. The smallest absolute Gasteiger partial charge is 0.135 e. The van der Waals surface area contributed by atoms with Crippen molar-refractivity contribution in [3.63, 3.8) is 0 Å². The van der Waals surface area contributed by atoms with E-state index in [2.05, 4.69) is 0 Å². The highest BCUT2D eigenvalue weighted by atomic mass is 19.1. The van der Waals surface area contributed by atoms with Gasteiger partial charge in [-0.15, -0.1) is 0 Å². The third kappa shape index (κ3) is 2.27. The number of Topliss-reactive ketones (excluding diaryl/α,β-unsaturated/α-hetero) is 1. The number of hydrogen-bond donors (Lipinski definition) is 1. The third-order valence-corrected chi connectivity index (χ3v) is 2.95. The predicted molar refractivity (Wildman–Crippen MR) is 55.9 cm³/mol. The molecule has 0 aromatic heterocycles. The Bertz CT molecular complexity index is 419. The van der Waals surface area contributed by atoms with E-state index < -0.39 is 11.6 Å². The van der Waals surface area contributed by atoms with E-state index in [4.69, 9.17) is 5.73 Å². The van der Waals surface area contributed by atoms with Crippen LogP contribution in [0.3, 0.4) is 0 Å². The molecule has 0 bridgehead atoms. The molecule has 0 spiro atoms. The molecule has 86 valence electrons. The van der Waals surface area contributed by atoms with Crippen molar-refractivity contribution in [3.05, 3.63) is 35.4 Å². The number of carbonyl (C=O) groups is 1. The average Bonchev–Trinajstić information content (AvgIpc) is 2.20. The van der Waals surface area contributed by atoms with Gasteiger partial charge in [0, 0.05) is 18.9 Å². The van der Waals surface area contributed by atoms with E-state index in [-0.39, 0.29) is 29.7 Å². The summed E-state index contributed by atoms with van der Waals surface area (Å²) in [5, 5.41) is 0. The van der Waals surface area contributed by atoms with E-state index in [0.29, 0.717) is 12.8 Å².